The maximum atomic E-state index is 11.2. The second-order valence-electron chi connectivity index (χ2n) is 8.71. The van der Waals surface area contributed by atoms with E-state index < -0.39 is 0 Å². The number of hydrogen-bond donors (Lipinski definition) is 2. The molecule has 1 amide bonds. The third-order valence-corrected chi connectivity index (χ3v) is 6.37. The highest BCUT2D eigenvalue weighted by Gasteiger charge is 2.27. The Morgan fingerprint density at radius 3 is 2.56 bits per heavy atom. The normalized spacial score (nSPS) is 15.7. The number of piperidine rings is 1. The standard InChI is InChI=1S/C26H35N5O/c1-20(10-13-27)30-14-11-26(12-15-30)31(19-24-5-3-4-23(16-24)17-28)25-8-6-22(7-9-25)18-29-21(2)32/h3-9,16,20,26H,10-15,18-19,27H2,1-2H3,(H,29,32). The third-order valence-electron chi connectivity index (χ3n) is 6.37. The molecule has 1 heterocycles. The number of nitriles is 1. The monoisotopic (exact) mass is 433 g/mol. The highest BCUT2D eigenvalue weighted by Crippen LogP contribution is 2.27. The third kappa shape index (κ3) is 6.56. The van der Waals surface area contributed by atoms with Gasteiger partial charge in [0.05, 0.1) is 11.6 Å². The van der Waals surface area contributed by atoms with Crippen LogP contribution in [-0.2, 0) is 17.9 Å². The lowest BCUT2D eigenvalue weighted by Gasteiger charge is -2.42. The summed E-state index contributed by atoms with van der Waals surface area (Å²) in [6, 6.07) is 19.6. The van der Waals surface area contributed by atoms with Crippen LogP contribution in [0.2, 0.25) is 0 Å². The van der Waals surface area contributed by atoms with E-state index in [2.05, 4.69) is 58.4 Å². The number of hydrogen-bond acceptors (Lipinski definition) is 5. The van der Waals surface area contributed by atoms with Crippen LogP contribution in [0.4, 0.5) is 5.69 Å². The lowest BCUT2D eigenvalue weighted by molar-refractivity contribution is -0.119. The van der Waals surface area contributed by atoms with Crippen molar-refractivity contribution < 1.29 is 4.79 Å². The molecule has 3 N–H and O–H groups in total. The molecule has 170 valence electrons. The molecule has 1 fully saturated rings. The van der Waals surface area contributed by atoms with Gasteiger partial charge in [0.25, 0.3) is 0 Å². The van der Waals surface area contributed by atoms with E-state index in [1.165, 1.54) is 12.6 Å². The van der Waals surface area contributed by atoms with Gasteiger partial charge in [-0.05, 0) is 68.1 Å². The van der Waals surface area contributed by atoms with Gasteiger partial charge in [-0.2, -0.15) is 5.26 Å². The molecule has 6 nitrogen and oxygen atoms in total. The topological polar surface area (TPSA) is 85.4 Å². The molecule has 1 saturated heterocycles. The van der Waals surface area contributed by atoms with Crippen molar-refractivity contribution in [3.05, 3.63) is 65.2 Å². The molecule has 6 heteroatoms. The van der Waals surface area contributed by atoms with E-state index in [9.17, 15) is 10.1 Å². The number of rotatable bonds is 9. The molecule has 32 heavy (non-hydrogen) atoms. The molecule has 0 spiro atoms. The minimum Gasteiger partial charge on any atom is -0.364 e. The summed E-state index contributed by atoms with van der Waals surface area (Å²) in [6.45, 7) is 7.98. The van der Waals surface area contributed by atoms with Crippen LogP contribution in [0.5, 0.6) is 0 Å². The first-order valence-corrected chi connectivity index (χ1v) is 11.5. The fourth-order valence-electron chi connectivity index (χ4n) is 4.46. The molecule has 0 radical (unpaired) electrons. The highest BCUT2D eigenvalue weighted by molar-refractivity contribution is 5.72. The number of carbonyl (C=O) groups excluding carboxylic acids is 1. The quantitative estimate of drug-likeness (QED) is 0.633. The number of amides is 1. The summed E-state index contributed by atoms with van der Waals surface area (Å²) in [5, 5.41) is 12.2. The Morgan fingerprint density at radius 1 is 1.22 bits per heavy atom. The molecular weight excluding hydrogens is 398 g/mol. The summed E-state index contributed by atoms with van der Waals surface area (Å²) < 4.78 is 0. The molecule has 1 aliphatic heterocycles. The van der Waals surface area contributed by atoms with Crippen LogP contribution in [0, 0.1) is 11.3 Å². The second kappa shape index (κ2) is 11.7. The molecule has 2 aromatic carbocycles. The van der Waals surface area contributed by atoms with Gasteiger partial charge in [0, 0.05) is 50.9 Å². The number of nitrogens with one attached hydrogen (secondary N) is 1. The molecule has 0 aromatic heterocycles. The fraction of sp³-hybridized carbons (Fsp3) is 0.462. The lowest BCUT2D eigenvalue weighted by Crippen LogP contribution is -2.47. The van der Waals surface area contributed by atoms with E-state index in [0.29, 0.717) is 24.2 Å². The van der Waals surface area contributed by atoms with Gasteiger partial charge in [0.1, 0.15) is 0 Å². The van der Waals surface area contributed by atoms with Gasteiger partial charge in [-0.3, -0.25) is 4.79 Å². The van der Waals surface area contributed by atoms with Crippen LogP contribution in [0.25, 0.3) is 0 Å². The number of nitrogens with zero attached hydrogens (tertiary/aromatic N) is 3. The lowest BCUT2D eigenvalue weighted by atomic mass is 9.99. The molecule has 3 rings (SSSR count). The summed E-state index contributed by atoms with van der Waals surface area (Å²) in [6.07, 6.45) is 3.23. The van der Waals surface area contributed by atoms with Crippen molar-refractivity contribution >= 4 is 11.6 Å². The van der Waals surface area contributed by atoms with Crippen LogP contribution in [-0.4, -0.2) is 42.5 Å². The van der Waals surface area contributed by atoms with Crippen molar-refractivity contribution in [1.82, 2.24) is 10.2 Å². The van der Waals surface area contributed by atoms with Gasteiger partial charge >= 0.3 is 0 Å². The molecule has 0 saturated carbocycles. The average Bonchev–Trinajstić information content (AvgIpc) is 2.82. The number of likely N-dealkylation sites (tertiary alicyclic amines) is 1. The smallest absolute Gasteiger partial charge is 0.217 e. The summed E-state index contributed by atoms with van der Waals surface area (Å²) in [5.74, 6) is -0.0244. The minimum atomic E-state index is -0.0244. The maximum Gasteiger partial charge on any atom is 0.217 e. The van der Waals surface area contributed by atoms with Gasteiger partial charge in [-0.25, -0.2) is 0 Å². The SMILES string of the molecule is CC(=O)NCc1ccc(N(Cc2cccc(C#N)c2)C2CCN(C(C)CCN)CC2)cc1. The van der Waals surface area contributed by atoms with E-state index in [1.54, 1.807) is 0 Å². The molecule has 2 aromatic rings. The summed E-state index contributed by atoms with van der Waals surface area (Å²) in [7, 11) is 0. The molecule has 1 unspecified atom stereocenters. The molecular formula is C26H35N5O. The first-order chi connectivity index (χ1) is 15.5. The van der Waals surface area contributed by atoms with Crippen molar-refractivity contribution in [2.45, 2.75) is 58.3 Å². The van der Waals surface area contributed by atoms with Crippen LogP contribution < -0.4 is 16.0 Å². The number of benzene rings is 2. The number of nitrogens with two attached hydrogens (primary N) is 1. The predicted molar refractivity (Wildman–Crippen MR) is 129 cm³/mol. The van der Waals surface area contributed by atoms with Crippen molar-refractivity contribution in [1.29, 1.82) is 5.26 Å². The zero-order valence-corrected chi connectivity index (χ0v) is 19.3. The van der Waals surface area contributed by atoms with Crippen molar-refractivity contribution in [2.75, 3.05) is 24.5 Å². The van der Waals surface area contributed by atoms with E-state index in [1.807, 2.05) is 18.2 Å². The summed E-state index contributed by atoms with van der Waals surface area (Å²) in [4.78, 5) is 16.2. The molecule has 1 aliphatic rings. The predicted octanol–water partition coefficient (Wildman–Crippen LogP) is 3.40. The van der Waals surface area contributed by atoms with Crippen molar-refractivity contribution in [3.8, 4) is 6.07 Å². The number of anilines is 1. The van der Waals surface area contributed by atoms with Gasteiger partial charge in [-0.1, -0.05) is 24.3 Å². The number of carbonyl (C=O) groups is 1. The maximum absolute atomic E-state index is 11.2. The zero-order chi connectivity index (χ0) is 22.9. The van der Waals surface area contributed by atoms with Gasteiger partial charge < -0.3 is 20.9 Å². The van der Waals surface area contributed by atoms with Crippen LogP contribution in [0.15, 0.2) is 48.5 Å². The molecule has 0 aliphatic carbocycles. The van der Waals surface area contributed by atoms with Crippen molar-refractivity contribution in [3.63, 3.8) is 0 Å². The largest absolute Gasteiger partial charge is 0.364 e. The first kappa shape index (κ1) is 23.8. The fourth-order valence-corrected chi connectivity index (χ4v) is 4.46. The van der Waals surface area contributed by atoms with Gasteiger partial charge in [0.15, 0.2) is 0 Å². The first-order valence-electron chi connectivity index (χ1n) is 11.5. The Labute approximate surface area is 192 Å². The van der Waals surface area contributed by atoms with E-state index in [0.717, 1.165) is 56.6 Å². The molecule has 0 bridgehead atoms. The Kier molecular flexibility index (Phi) is 8.66. The highest BCUT2D eigenvalue weighted by atomic mass is 16.1. The van der Waals surface area contributed by atoms with E-state index in [-0.39, 0.29) is 5.91 Å². The van der Waals surface area contributed by atoms with Gasteiger partial charge in [-0.15, -0.1) is 0 Å². The van der Waals surface area contributed by atoms with Gasteiger partial charge in [0.2, 0.25) is 5.91 Å². The Balaban J connectivity index is 1.77. The van der Waals surface area contributed by atoms with E-state index in [4.69, 9.17) is 5.73 Å². The molecule has 1 atom stereocenters. The second-order valence-corrected chi connectivity index (χ2v) is 8.71. The minimum absolute atomic E-state index is 0.0244. The summed E-state index contributed by atoms with van der Waals surface area (Å²) in [5.41, 5.74) is 9.86. The van der Waals surface area contributed by atoms with Crippen LogP contribution in [0.3, 0.4) is 0 Å². The van der Waals surface area contributed by atoms with Crippen LogP contribution in [0.1, 0.15) is 49.8 Å². The average molecular weight is 434 g/mol. The zero-order valence-electron chi connectivity index (χ0n) is 19.3. The summed E-state index contributed by atoms with van der Waals surface area (Å²) >= 11 is 0. The van der Waals surface area contributed by atoms with Crippen LogP contribution >= 0.6 is 0 Å². The van der Waals surface area contributed by atoms with E-state index >= 15 is 0 Å². The Hall–Kier alpha value is -2.88. The Bertz CT molecular complexity index is 913. The Morgan fingerprint density at radius 2 is 1.94 bits per heavy atom. The van der Waals surface area contributed by atoms with Crippen molar-refractivity contribution in [2.24, 2.45) is 5.73 Å².